The molecule has 114 valence electrons. The summed E-state index contributed by atoms with van der Waals surface area (Å²) in [5, 5.41) is 3.06. The fourth-order valence-electron chi connectivity index (χ4n) is 2.29. The van der Waals surface area contributed by atoms with Crippen LogP contribution in [-0.4, -0.2) is 30.4 Å². The number of carbonyl (C=O) groups is 1. The minimum absolute atomic E-state index is 0.00472. The molecule has 1 aromatic carbocycles. The molecule has 1 aromatic rings. The summed E-state index contributed by atoms with van der Waals surface area (Å²) in [7, 11) is 0. The largest absolute Gasteiger partial charge is 0.324 e. The van der Waals surface area contributed by atoms with Crippen LogP contribution in [0.2, 0.25) is 0 Å². The lowest BCUT2D eigenvalue weighted by atomic mass is 9.98. The van der Waals surface area contributed by atoms with Crippen molar-refractivity contribution in [2.75, 3.05) is 25.0 Å². The average molecular weight is 286 g/mol. The Morgan fingerprint density at radius 1 is 1.29 bits per heavy atom. The molecule has 0 atom stereocenters. The number of para-hydroxylation sites is 1. The molecule has 0 aliphatic rings. The molecule has 0 aliphatic carbocycles. The van der Waals surface area contributed by atoms with Gasteiger partial charge in [-0.15, -0.1) is 13.2 Å². The molecule has 3 heteroatoms. The lowest BCUT2D eigenvalue weighted by molar-refractivity contribution is -0.117. The third-order valence-corrected chi connectivity index (χ3v) is 3.33. The van der Waals surface area contributed by atoms with Gasteiger partial charge in [0.15, 0.2) is 0 Å². The highest BCUT2D eigenvalue weighted by Gasteiger charge is 2.13. The molecular formula is C18H26N2O. The van der Waals surface area contributed by atoms with E-state index in [-0.39, 0.29) is 5.91 Å². The molecule has 0 spiro atoms. The molecule has 0 saturated carbocycles. The number of carbonyl (C=O) groups excluding carboxylic acids is 1. The van der Waals surface area contributed by atoms with Gasteiger partial charge in [0.25, 0.3) is 0 Å². The van der Waals surface area contributed by atoms with Gasteiger partial charge in [-0.05, 0) is 24.0 Å². The first-order valence-electron chi connectivity index (χ1n) is 7.33. The summed E-state index contributed by atoms with van der Waals surface area (Å²) in [5.74, 6) is 0.368. The summed E-state index contributed by atoms with van der Waals surface area (Å²) < 4.78 is 0. The van der Waals surface area contributed by atoms with Crippen LogP contribution in [0.4, 0.5) is 5.69 Å². The van der Waals surface area contributed by atoms with Crippen LogP contribution in [0.3, 0.4) is 0 Å². The van der Waals surface area contributed by atoms with Crippen LogP contribution in [0.25, 0.3) is 0 Å². The van der Waals surface area contributed by atoms with E-state index in [0.29, 0.717) is 25.6 Å². The van der Waals surface area contributed by atoms with E-state index in [1.165, 1.54) is 5.56 Å². The number of benzene rings is 1. The number of amides is 1. The van der Waals surface area contributed by atoms with Crippen LogP contribution in [0.15, 0.2) is 43.5 Å². The van der Waals surface area contributed by atoms with Crippen molar-refractivity contribution < 1.29 is 4.79 Å². The highest BCUT2D eigenvalue weighted by atomic mass is 16.2. The summed E-state index contributed by atoms with van der Waals surface area (Å²) in [6.45, 7) is 15.4. The van der Waals surface area contributed by atoms with Crippen molar-refractivity contribution in [1.82, 2.24) is 4.90 Å². The maximum absolute atomic E-state index is 12.3. The van der Waals surface area contributed by atoms with Crippen molar-refractivity contribution in [3.8, 4) is 0 Å². The highest BCUT2D eigenvalue weighted by Crippen LogP contribution is 2.27. The molecular weight excluding hydrogens is 260 g/mol. The third kappa shape index (κ3) is 5.20. The average Bonchev–Trinajstić information content (AvgIpc) is 2.41. The van der Waals surface area contributed by atoms with Crippen molar-refractivity contribution in [1.29, 1.82) is 0 Å². The second-order valence-electron chi connectivity index (χ2n) is 5.51. The van der Waals surface area contributed by atoms with E-state index in [4.69, 9.17) is 0 Å². The predicted molar refractivity (Wildman–Crippen MR) is 90.7 cm³/mol. The highest BCUT2D eigenvalue weighted by molar-refractivity contribution is 5.94. The number of nitrogens with one attached hydrogen (secondary N) is 1. The first-order valence-corrected chi connectivity index (χ1v) is 7.33. The normalized spacial score (nSPS) is 10.7. The maximum Gasteiger partial charge on any atom is 0.238 e. The van der Waals surface area contributed by atoms with E-state index in [9.17, 15) is 4.79 Å². The van der Waals surface area contributed by atoms with E-state index < -0.39 is 0 Å². The van der Waals surface area contributed by atoms with Crippen molar-refractivity contribution in [3.63, 3.8) is 0 Å². The number of anilines is 1. The molecule has 0 heterocycles. The van der Waals surface area contributed by atoms with Crippen LogP contribution < -0.4 is 5.32 Å². The number of aryl methyl sites for hydroxylation is 1. The first-order chi connectivity index (χ1) is 9.99. The van der Waals surface area contributed by atoms with Gasteiger partial charge in [0, 0.05) is 18.8 Å². The number of hydrogen-bond acceptors (Lipinski definition) is 2. The van der Waals surface area contributed by atoms with E-state index in [2.05, 4.69) is 38.4 Å². The molecule has 3 nitrogen and oxygen atoms in total. The molecule has 1 amide bonds. The minimum atomic E-state index is -0.00472. The van der Waals surface area contributed by atoms with Crippen molar-refractivity contribution in [3.05, 3.63) is 54.6 Å². The molecule has 1 rings (SSSR count). The van der Waals surface area contributed by atoms with E-state index >= 15 is 0 Å². The van der Waals surface area contributed by atoms with E-state index in [1.807, 2.05) is 24.0 Å². The van der Waals surface area contributed by atoms with E-state index in [0.717, 1.165) is 11.3 Å². The van der Waals surface area contributed by atoms with Crippen molar-refractivity contribution >= 4 is 11.6 Å². The minimum Gasteiger partial charge on any atom is -0.324 e. The quantitative estimate of drug-likeness (QED) is 0.739. The number of hydrogen-bond donors (Lipinski definition) is 1. The lowest BCUT2D eigenvalue weighted by Crippen LogP contribution is -2.33. The monoisotopic (exact) mass is 286 g/mol. The van der Waals surface area contributed by atoms with Crippen LogP contribution in [0.5, 0.6) is 0 Å². The molecule has 0 aromatic heterocycles. The SMILES string of the molecule is C=CCN(CC=C)CC(=O)Nc1c(C)cccc1C(C)C. The molecule has 0 unspecified atom stereocenters. The van der Waals surface area contributed by atoms with Gasteiger partial charge >= 0.3 is 0 Å². The predicted octanol–water partition coefficient (Wildman–Crippen LogP) is 3.73. The fourth-order valence-corrected chi connectivity index (χ4v) is 2.29. The summed E-state index contributed by atoms with van der Waals surface area (Å²) in [5.41, 5.74) is 3.20. The fraction of sp³-hybridized carbons (Fsp3) is 0.389. The number of rotatable bonds is 8. The molecule has 0 saturated heterocycles. The lowest BCUT2D eigenvalue weighted by Gasteiger charge is -2.20. The summed E-state index contributed by atoms with van der Waals surface area (Å²) in [6, 6.07) is 6.12. The van der Waals surface area contributed by atoms with Gasteiger partial charge in [-0.1, -0.05) is 44.2 Å². The van der Waals surface area contributed by atoms with Crippen LogP contribution in [0.1, 0.15) is 30.9 Å². The Kier molecular flexibility index (Phi) is 6.89. The van der Waals surface area contributed by atoms with Crippen LogP contribution in [-0.2, 0) is 4.79 Å². The molecule has 1 N–H and O–H groups in total. The van der Waals surface area contributed by atoms with Gasteiger partial charge in [0.2, 0.25) is 5.91 Å². The van der Waals surface area contributed by atoms with E-state index in [1.54, 1.807) is 12.2 Å². The number of nitrogens with zero attached hydrogens (tertiary/aromatic N) is 1. The van der Waals surface area contributed by atoms with Gasteiger partial charge in [-0.3, -0.25) is 9.69 Å². The van der Waals surface area contributed by atoms with Gasteiger partial charge in [-0.2, -0.15) is 0 Å². The van der Waals surface area contributed by atoms with Gasteiger partial charge in [0.05, 0.1) is 6.54 Å². The van der Waals surface area contributed by atoms with Crippen molar-refractivity contribution in [2.24, 2.45) is 0 Å². The Morgan fingerprint density at radius 2 is 1.90 bits per heavy atom. The van der Waals surface area contributed by atoms with Gasteiger partial charge < -0.3 is 5.32 Å². The zero-order valence-electron chi connectivity index (χ0n) is 13.4. The Labute approximate surface area is 128 Å². The first kappa shape index (κ1) is 17.2. The topological polar surface area (TPSA) is 32.3 Å². The Balaban J connectivity index is 2.83. The van der Waals surface area contributed by atoms with Crippen molar-refractivity contribution in [2.45, 2.75) is 26.7 Å². The van der Waals surface area contributed by atoms with Crippen LogP contribution >= 0.6 is 0 Å². The Hall–Kier alpha value is -1.87. The summed E-state index contributed by atoms with van der Waals surface area (Å²) in [4.78, 5) is 14.3. The second-order valence-corrected chi connectivity index (χ2v) is 5.51. The molecule has 0 aliphatic heterocycles. The van der Waals surface area contributed by atoms with Gasteiger partial charge in [-0.25, -0.2) is 0 Å². The molecule has 0 bridgehead atoms. The zero-order valence-corrected chi connectivity index (χ0v) is 13.4. The van der Waals surface area contributed by atoms with Crippen LogP contribution in [0, 0.1) is 6.92 Å². The summed E-state index contributed by atoms with van der Waals surface area (Å²) >= 11 is 0. The second kappa shape index (κ2) is 8.42. The maximum atomic E-state index is 12.3. The molecule has 0 fully saturated rings. The Morgan fingerprint density at radius 3 is 2.43 bits per heavy atom. The Bertz CT molecular complexity index is 496. The smallest absolute Gasteiger partial charge is 0.238 e. The zero-order chi connectivity index (χ0) is 15.8. The molecule has 21 heavy (non-hydrogen) atoms. The molecule has 0 radical (unpaired) electrons. The summed E-state index contributed by atoms with van der Waals surface area (Å²) in [6.07, 6.45) is 3.59. The standard InChI is InChI=1S/C18H26N2O/c1-6-11-20(12-7-2)13-17(21)19-18-15(5)9-8-10-16(18)14(3)4/h6-10,14H,1-2,11-13H2,3-5H3,(H,19,21). The third-order valence-electron chi connectivity index (χ3n) is 3.33. The van der Waals surface area contributed by atoms with Gasteiger partial charge in [0.1, 0.15) is 0 Å².